The first-order valence-corrected chi connectivity index (χ1v) is 7.94. The van der Waals surface area contributed by atoms with Crippen LogP contribution in [-0.2, 0) is 0 Å². The number of hydrogen-bond donors (Lipinski definition) is 2. The molecular weight excluding hydrogens is 406 g/mol. The lowest BCUT2D eigenvalue weighted by molar-refractivity contribution is -0.183. The van der Waals surface area contributed by atoms with Gasteiger partial charge in [-0.25, -0.2) is 0 Å². The Labute approximate surface area is 148 Å². The third kappa shape index (κ3) is 7.37. The van der Waals surface area contributed by atoms with E-state index in [1.165, 1.54) is 0 Å². The highest BCUT2D eigenvalue weighted by atomic mass is 127. The second kappa shape index (κ2) is 10.5. The van der Waals surface area contributed by atoms with Gasteiger partial charge in [0, 0.05) is 19.6 Å². The average Bonchev–Trinajstić information content (AvgIpc) is 2.46. The summed E-state index contributed by atoms with van der Waals surface area (Å²) in [6.45, 7) is 5.09. The molecule has 3 nitrogen and oxygen atoms in total. The number of nitrogens with zero attached hydrogens (tertiary/aromatic N) is 1. The first kappa shape index (κ1) is 21.8. The standard InChI is InChI=1S/C15H28F3N3.HI/c1-4-11(5-2)10-20-14(19-3)21-13-8-6-7-12(9-13)15(16,17)18;/h11-13H,4-10H2,1-3H3,(H2,19,20,21);1H. The van der Waals surface area contributed by atoms with E-state index in [4.69, 9.17) is 0 Å². The van der Waals surface area contributed by atoms with E-state index < -0.39 is 12.1 Å². The molecule has 0 aromatic heterocycles. The molecule has 132 valence electrons. The zero-order valence-electron chi connectivity index (χ0n) is 13.7. The van der Waals surface area contributed by atoms with E-state index in [2.05, 4.69) is 29.5 Å². The summed E-state index contributed by atoms with van der Waals surface area (Å²) in [5.74, 6) is 0.00782. The number of aliphatic imine (C=N–C) groups is 1. The van der Waals surface area contributed by atoms with Crippen LogP contribution in [0.3, 0.4) is 0 Å². The highest BCUT2D eigenvalue weighted by Crippen LogP contribution is 2.37. The van der Waals surface area contributed by atoms with E-state index in [1.807, 2.05) is 0 Å². The number of guanidine groups is 1. The molecule has 22 heavy (non-hydrogen) atoms. The molecule has 0 aromatic carbocycles. The molecule has 0 aromatic rings. The lowest BCUT2D eigenvalue weighted by Gasteiger charge is -2.32. The maximum atomic E-state index is 12.8. The van der Waals surface area contributed by atoms with Gasteiger partial charge < -0.3 is 10.6 Å². The summed E-state index contributed by atoms with van der Waals surface area (Å²) in [7, 11) is 1.66. The molecule has 1 fully saturated rings. The topological polar surface area (TPSA) is 36.4 Å². The van der Waals surface area contributed by atoms with Gasteiger partial charge in [0.15, 0.2) is 5.96 Å². The number of alkyl halides is 3. The van der Waals surface area contributed by atoms with Gasteiger partial charge in [0.1, 0.15) is 0 Å². The van der Waals surface area contributed by atoms with Crippen LogP contribution in [0, 0.1) is 11.8 Å². The SMILES string of the molecule is CCC(CC)CNC(=NC)NC1CCCC(C(F)(F)F)C1.I. The third-order valence-corrected chi connectivity index (χ3v) is 4.41. The van der Waals surface area contributed by atoms with Crippen molar-refractivity contribution in [3.05, 3.63) is 0 Å². The summed E-state index contributed by atoms with van der Waals surface area (Å²) in [6.07, 6.45) is -0.118. The van der Waals surface area contributed by atoms with Gasteiger partial charge in [-0.15, -0.1) is 24.0 Å². The molecule has 0 amide bonds. The van der Waals surface area contributed by atoms with Crippen molar-refractivity contribution in [3.8, 4) is 0 Å². The Balaban J connectivity index is 0.00000441. The Morgan fingerprint density at radius 1 is 1.23 bits per heavy atom. The van der Waals surface area contributed by atoms with Crippen molar-refractivity contribution in [1.82, 2.24) is 10.6 Å². The van der Waals surface area contributed by atoms with Crippen molar-refractivity contribution in [2.24, 2.45) is 16.8 Å². The van der Waals surface area contributed by atoms with Gasteiger partial charge in [-0.1, -0.05) is 33.1 Å². The highest BCUT2D eigenvalue weighted by Gasteiger charge is 2.42. The van der Waals surface area contributed by atoms with Crippen LogP contribution in [0.25, 0.3) is 0 Å². The predicted molar refractivity (Wildman–Crippen MR) is 95.8 cm³/mol. The van der Waals surface area contributed by atoms with Gasteiger partial charge in [0.05, 0.1) is 5.92 Å². The van der Waals surface area contributed by atoms with Crippen LogP contribution in [0.15, 0.2) is 4.99 Å². The zero-order valence-corrected chi connectivity index (χ0v) is 16.0. The maximum Gasteiger partial charge on any atom is 0.391 e. The summed E-state index contributed by atoms with van der Waals surface area (Å²) in [5, 5.41) is 6.38. The van der Waals surface area contributed by atoms with Gasteiger partial charge in [0.25, 0.3) is 0 Å². The van der Waals surface area contributed by atoms with Crippen LogP contribution in [-0.4, -0.2) is 31.8 Å². The number of nitrogens with one attached hydrogen (secondary N) is 2. The molecule has 0 bridgehead atoms. The molecule has 0 aliphatic heterocycles. The summed E-state index contributed by atoms with van der Waals surface area (Å²) < 4.78 is 38.4. The van der Waals surface area contributed by atoms with Crippen molar-refractivity contribution >= 4 is 29.9 Å². The van der Waals surface area contributed by atoms with Crippen LogP contribution in [0.5, 0.6) is 0 Å². The lowest BCUT2D eigenvalue weighted by Crippen LogP contribution is -2.47. The first-order chi connectivity index (χ1) is 9.90. The minimum atomic E-state index is -4.08. The van der Waals surface area contributed by atoms with Gasteiger partial charge >= 0.3 is 6.18 Å². The van der Waals surface area contributed by atoms with Crippen LogP contribution >= 0.6 is 24.0 Å². The summed E-state index contributed by atoms with van der Waals surface area (Å²) in [6, 6.07) is -0.140. The molecule has 1 saturated carbocycles. The normalized spacial score (nSPS) is 23.1. The summed E-state index contributed by atoms with van der Waals surface area (Å²) >= 11 is 0. The maximum absolute atomic E-state index is 12.8. The molecule has 0 heterocycles. The van der Waals surface area contributed by atoms with Crippen molar-refractivity contribution in [1.29, 1.82) is 0 Å². The largest absolute Gasteiger partial charge is 0.391 e. The van der Waals surface area contributed by atoms with Crippen molar-refractivity contribution in [2.75, 3.05) is 13.6 Å². The Morgan fingerprint density at radius 3 is 2.36 bits per heavy atom. The molecule has 7 heteroatoms. The Morgan fingerprint density at radius 2 is 1.86 bits per heavy atom. The van der Waals surface area contributed by atoms with Gasteiger partial charge in [0.2, 0.25) is 0 Å². The van der Waals surface area contributed by atoms with Crippen LogP contribution < -0.4 is 10.6 Å². The highest BCUT2D eigenvalue weighted by molar-refractivity contribution is 14.0. The monoisotopic (exact) mass is 435 g/mol. The van der Waals surface area contributed by atoms with E-state index in [0.29, 0.717) is 18.3 Å². The van der Waals surface area contributed by atoms with Crippen molar-refractivity contribution in [2.45, 2.75) is 64.6 Å². The number of rotatable bonds is 5. The summed E-state index contributed by atoms with van der Waals surface area (Å²) in [4.78, 5) is 4.12. The second-order valence-electron chi connectivity index (χ2n) is 5.88. The fourth-order valence-corrected chi connectivity index (χ4v) is 2.82. The predicted octanol–water partition coefficient (Wildman–Crippen LogP) is 4.33. The van der Waals surface area contributed by atoms with Gasteiger partial charge in [-0.2, -0.15) is 13.2 Å². The fourth-order valence-electron chi connectivity index (χ4n) is 2.82. The molecule has 1 aliphatic carbocycles. The van der Waals surface area contributed by atoms with E-state index in [9.17, 15) is 13.2 Å². The molecule has 2 N–H and O–H groups in total. The smallest absolute Gasteiger partial charge is 0.356 e. The Kier molecular flexibility index (Phi) is 10.4. The molecule has 2 atom stereocenters. The van der Waals surface area contributed by atoms with Crippen molar-refractivity contribution in [3.63, 3.8) is 0 Å². The minimum absolute atomic E-state index is 0. The van der Waals surface area contributed by atoms with E-state index >= 15 is 0 Å². The average molecular weight is 435 g/mol. The lowest BCUT2D eigenvalue weighted by atomic mass is 9.85. The molecule has 0 saturated heterocycles. The number of hydrogen-bond acceptors (Lipinski definition) is 1. The van der Waals surface area contributed by atoms with Gasteiger partial charge in [-0.05, 0) is 25.2 Å². The Bertz CT molecular complexity index is 330. The molecule has 1 aliphatic rings. The number of halogens is 4. The van der Waals surface area contributed by atoms with Crippen molar-refractivity contribution < 1.29 is 13.2 Å². The second-order valence-corrected chi connectivity index (χ2v) is 5.88. The molecular formula is C15H29F3IN3. The Hall–Kier alpha value is -0.210. The molecule has 0 spiro atoms. The van der Waals surface area contributed by atoms with Crippen LogP contribution in [0.4, 0.5) is 13.2 Å². The van der Waals surface area contributed by atoms with Gasteiger partial charge in [-0.3, -0.25) is 4.99 Å². The molecule has 2 unspecified atom stereocenters. The quantitative estimate of drug-likeness (QED) is 0.383. The van der Waals surface area contributed by atoms with Crippen LogP contribution in [0.2, 0.25) is 0 Å². The fraction of sp³-hybridized carbons (Fsp3) is 0.933. The third-order valence-electron chi connectivity index (χ3n) is 4.41. The molecule has 1 rings (SSSR count). The molecule has 0 radical (unpaired) electrons. The zero-order chi connectivity index (χ0) is 15.9. The van der Waals surface area contributed by atoms with E-state index in [0.717, 1.165) is 25.8 Å². The first-order valence-electron chi connectivity index (χ1n) is 7.94. The van der Waals surface area contributed by atoms with E-state index in [-0.39, 0.29) is 42.9 Å². The summed E-state index contributed by atoms with van der Waals surface area (Å²) in [5.41, 5.74) is 0. The van der Waals surface area contributed by atoms with Crippen LogP contribution in [0.1, 0.15) is 52.4 Å². The van der Waals surface area contributed by atoms with E-state index in [1.54, 1.807) is 7.05 Å². The minimum Gasteiger partial charge on any atom is -0.356 e.